The number of hydrogen-bond acceptors (Lipinski definition) is 2. The molecule has 3 aliphatic rings. The lowest BCUT2D eigenvalue weighted by Gasteiger charge is -2.33. The molecular formula is C16H20BrNO. The fourth-order valence-electron chi connectivity index (χ4n) is 4.08. The zero-order valence-electron chi connectivity index (χ0n) is 11.1. The molecule has 0 radical (unpaired) electrons. The van der Waals surface area contributed by atoms with E-state index in [2.05, 4.69) is 45.1 Å². The van der Waals surface area contributed by atoms with Crippen LogP contribution in [-0.4, -0.2) is 37.2 Å². The summed E-state index contributed by atoms with van der Waals surface area (Å²) in [6.45, 7) is 4.49. The van der Waals surface area contributed by atoms with Gasteiger partial charge in [0.2, 0.25) is 0 Å². The van der Waals surface area contributed by atoms with E-state index in [0.29, 0.717) is 5.41 Å². The van der Waals surface area contributed by atoms with Crippen molar-refractivity contribution in [2.24, 2.45) is 5.92 Å². The first kappa shape index (κ1) is 12.4. The molecule has 0 amide bonds. The minimum Gasteiger partial charge on any atom is -0.381 e. The number of nitrogens with zero attached hydrogens (tertiary/aromatic N) is 1. The Hall–Kier alpha value is -0.380. The van der Waals surface area contributed by atoms with Gasteiger partial charge in [-0.15, -0.1) is 0 Å². The van der Waals surface area contributed by atoms with Crippen LogP contribution >= 0.6 is 15.9 Å². The number of hydrogen-bond donors (Lipinski definition) is 0. The summed E-state index contributed by atoms with van der Waals surface area (Å²) in [6, 6.07) is 9.79. The van der Waals surface area contributed by atoms with Crippen LogP contribution in [0.5, 0.6) is 0 Å². The molecule has 1 aromatic carbocycles. The van der Waals surface area contributed by atoms with Crippen molar-refractivity contribution in [3.05, 3.63) is 34.3 Å². The maximum absolute atomic E-state index is 5.49. The van der Waals surface area contributed by atoms with E-state index in [-0.39, 0.29) is 0 Å². The second kappa shape index (κ2) is 4.57. The average molecular weight is 322 g/mol. The standard InChI is InChI=1S/C16H20BrNO/c17-14-3-1-12(2-4-14)16-9-13(16)10-18(11-16)15-5-7-19-8-6-15/h1-4,13,15H,5-11H2/t13?,16-/m0/s1. The van der Waals surface area contributed by atoms with Crippen LogP contribution < -0.4 is 0 Å². The van der Waals surface area contributed by atoms with Crippen LogP contribution in [0.2, 0.25) is 0 Å². The van der Waals surface area contributed by atoms with Crippen molar-refractivity contribution in [1.82, 2.24) is 4.90 Å². The summed E-state index contributed by atoms with van der Waals surface area (Å²) >= 11 is 3.54. The molecule has 1 saturated carbocycles. The van der Waals surface area contributed by atoms with E-state index in [1.807, 2.05) is 0 Å². The van der Waals surface area contributed by atoms with Crippen LogP contribution in [0.1, 0.15) is 24.8 Å². The molecule has 0 aromatic heterocycles. The Kier molecular flexibility index (Phi) is 2.98. The highest BCUT2D eigenvalue weighted by Gasteiger charge is 2.61. The summed E-state index contributed by atoms with van der Waals surface area (Å²) in [4.78, 5) is 2.73. The number of benzene rings is 1. The molecule has 2 heterocycles. The summed E-state index contributed by atoms with van der Waals surface area (Å²) in [5.74, 6) is 0.900. The van der Waals surface area contributed by atoms with Gasteiger partial charge < -0.3 is 4.74 Å². The van der Waals surface area contributed by atoms with Gasteiger partial charge in [0.1, 0.15) is 0 Å². The number of piperidine rings is 1. The minimum absolute atomic E-state index is 0.485. The van der Waals surface area contributed by atoms with Crippen LogP contribution in [0.15, 0.2) is 28.7 Å². The number of halogens is 1. The highest BCUT2D eigenvalue weighted by Crippen LogP contribution is 2.59. The lowest BCUT2D eigenvalue weighted by atomic mass is 9.95. The van der Waals surface area contributed by atoms with Gasteiger partial charge in [0.25, 0.3) is 0 Å². The normalized spacial score (nSPS) is 35.3. The Bertz CT molecular complexity index is 468. The first-order valence-electron chi connectivity index (χ1n) is 7.36. The Balaban J connectivity index is 1.51. The maximum atomic E-state index is 5.49. The second-order valence-electron chi connectivity index (χ2n) is 6.34. The van der Waals surface area contributed by atoms with Gasteiger partial charge in [0.15, 0.2) is 0 Å². The van der Waals surface area contributed by atoms with E-state index >= 15 is 0 Å². The zero-order chi connectivity index (χ0) is 12.9. The molecule has 0 spiro atoms. The van der Waals surface area contributed by atoms with E-state index < -0.39 is 0 Å². The average Bonchev–Trinajstić information content (AvgIpc) is 3.03. The highest BCUT2D eigenvalue weighted by atomic mass is 79.9. The Morgan fingerprint density at radius 3 is 2.63 bits per heavy atom. The molecule has 3 fully saturated rings. The van der Waals surface area contributed by atoms with E-state index in [0.717, 1.165) is 25.2 Å². The molecule has 0 N–H and O–H groups in total. The minimum atomic E-state index is 0.485. The van der Waals surface area contributed by atoms with Crippen molar-refractivity contribution < 1.29 is 4.74 Å². The van der Waals surface area contributed by atoms with Gasteiger partial charge >= 0.3 is 0 Å². The quantitative estimate of drug-likeness (QED) is 0.829. The summed E-state index contributed by atoms with van der Waals surface area (Å²) in [7, 11) is 0. The highest BCUT2D eigenvalue weighted by molar-refractivity contribution is 9.10. The van der Waals surface area contributed by atoms with E-state index in [1.54, 1.807) is 5.56 Å². The van der Waals surface area contributed by atoms with Crippen molar-refractivity contribution in [2.45, 2.75) is 30.7 Å². The largest absolute Gasteiger partial charge is 0.381 e. The topological polar surface area (TPSA) is 12.5 Å². The molecule has 19 heavy (non-hydrogen) atoms. The molecule has 4 rings (SSSR count). The van der Waals surface area contributed by atoms with Crippen molar-refractivity contribution in [3.63, 3.8) is 0 Å². The third-order valence-corrected chi connectivity index (χ3v) is 5.83. The molecule has 1 aliphatic carbocycles. The molecule has 2 saturated heterocycles. The molecule has 0 bridgehead atoms. The van der Waals surface area contributed by atoms with E-state index in [1.165, 1.54) is 36.8 Å². The van der Waals surface area contributed by atoms with E-state index in [9.17, 15) is 0 Å². The van der Waals surface area contributed by atoms with Gasteiger partial charge in [-0.25, -0.2) is 0 Å². The number of rotatable bonds is 2. The van der Waals surface area contributed by atoms with Crippen molar-refractivity contribution in [1.29, 1.82) is 0 Å². The first-order chi connectivity index (χ1) is 9.28. The fourth-order valence-corrected chi connectivity index (χ4v) is 4.34. The lowest BCUT2D eigenvalue weighted by Crippen LogP contribution is -2.40. The van der Waals surface area contributed by atoms with Crippen LogP contribution in [0.25, 0.3) is 0 Å². The van der Waals surface area contributed by atoms with Crippen LogP contribution in [0.4, 0.5) is 0 Å². The zero-order valence-corrected chi connectivity index (χ0v) is 12.7. The van der Waals surface area contributed by atoms with Crippen molar-refractivity contribution in [3.8, 4) is 0 Å². The predicted octanol–water partition coefficient (Wildman–Crippen LogP) is 3.20. The van der Waals surface area contributed by atoms with Gasteiger partial charge in [-0.2, -0.15) is 0 Å². The van der Waals surface area contributed by atoms with Crippen molar-refractivity contribution in [2.75, 3.05) is 26.3 Å². The number of fused-ring (bicyclic) bond motifs is 1. The molecule has 1 unspecified atom stereocenters. The molecule has 2 aliphatic heterocycles. The number of likely N-dealkylation sites (tertiary alicyclic amines) is 1. The lowest BCUT2D eigenvalue weighted by molar-refractivity contribution is 0.0378. The predicted molar refractivity (Wildman–Crippen MR) is 79.3 cm³/mol. The van der Waals surface area contributed by atoms with Gasteiger partial charge in [-0.1, -0.05) is 28.1 Å². The summed E-state index contributed by atoms with van der Waals surface area (Å²) < 4.78 is 6.67. The Morgan fingerprint density at radius 1 is 1.16 bits per heavy atom. The molecule has 3 heteroatoms. The second-order valence-corrected chi connectivity index (χ2v) is 7.25. The molecule has 2 nitrogen and oxygen atoms in total. The SMILES string of the molecule is Brc1ccc([C@@]23CC2CN(C2CCOCC2)C3)cc1. The third-order valence-electron chi connectivity index (χ3n) is 5.30. The molecular weight excluding hydrogens is 302 g/mol. The van der Waals surface area contributed by atoms with Gasteiger partial charge in [-0.3, -0.25) is 4.90 Å². The Morgan fingerprint density at radius 2 is 1.89 bits per heavy atom. The first-order valence-corrected chi connectivity index (χ1v) is 8.15. The number of ether oxygens (including phenoxy) is 1. The summed E-state index contributed by atoms with van der Waals surface area (Å²) in [6.07, 6.45) is 3.85. The van der Waals surface area contributed by atoms with Gasteiger partial charge in [0.05, 0.1) is 0 Å². The van der Waals surface area contributed by atoms with Crippen molar-refractivity contribution >= 4 is 15.9 Å². The fraction of sp³-hybridized carbons (Fsp3) is 0.625. The van der Waals surface area contributed by atoms with Crippen LogP contribution in [0, 0.1) is 5.92 Å². The summed E-state index contributed by atoms with van der Waals surface area (Å²) in [5, 5.41) is 0. The maximum Gasteiger partial charge on any atom is 0.0480 e. The third kappa shape index (κ3) is 2.07. The molecule has 2 atom stereocenters. The van der Waals surface area contributed by atoms with Gasteiger partial charge in [-0.05, 0) is 42.9 Å². The van der Waals surface area contributed by atoms with Gasteiger partial charge in [0, 0.05) is 42.2 Å². The Labute approximate surface area is 123 Å². The molecule has 102 valence electrons. The molecule has 1 aromatic rings. The van der Waals surface area contributed by atoms with Crippen LogP contribution in [-0.2, 0) is 10.2 Å². The smallest absolute Gasteiger partial charge is 0.0480 e. The monoisotopic (exact) mass is 321 g/mol. The summed E-state index contributed by atoms with van der Waals surface area (Å²) in [5.41, 5.74) is 2.04. The van der Waals surface area contributed by atoms with Crippen LogP contribution in [0.3, 0.4) is 0 Å². The van der Waals surface area contributed by atoms with E-state index in [4.69, 9.17) is 4.74 Å².